The second-order valence-electron chi connectivity index (χ2n) is 16.0. The maximum atomic E-state index is 14.6. The van der Waals surface area contributed by atoms with Gasteiger partial charge in [-0.25, -0.2) is 4.98 Å². The Morgan fingerprint density at radius 3 is 2.37 bits per heavy atom. The summed E-state index contributed by atoms with van der Waals surface area (Å²) in [7, 11) is 1.49. The second-order valence-corrected chi connectivity index (χ2v) is 16.0. The van der Waals surface area contributed by atoms with E-state index in [1.54, 1.807) is 31.2 Å². The van der Waals surface area contributed by atoms with Gasteiger partial charge in [-0.15, -0.1) is 0 Å². The summed E-state index contributed by atoms with van der Waals surface area (Å²) in [4.78, 5) is 59.7. The minimum atomic E-state index is -2.01. The van der Waals surface area contributed by atoms with Gasteiger partial charge in [0.1, 0.15) is 40.3 Å². The number of aliphatic hydroxyl groups is 1. The third kappa shape index (κ3) is 7.67. The van der Waals surface area contributed by atoms with Gasteiger partial charge in [0.25, 0.3) is 5.78 Å². The number of allylic oxidation sites excluding steroid dienone is 2. The Balaban J connectivity index is 1.56. The fourth-order valence-corrected chi connectivity index (χ4v) is 8.19. The fraction of sp³-hybridized carbons (Fsp3) is 0.444. The van der Waals surface area contributed by atoms with Gasteiger partial charge >= 0.3 is 11.8 Å². The van der Waals surface area contributed by atoms with E-state index in [-0.39, 0.29) is 97.6 Å². The number of hydrogen-bond donors (Lipinski definition) is 4. The third-order valence-corrected chi connectivity index (χ3v) is 12.2. The lowest BCUT2D eigenvalue weighted by atomic mass is 9.73. The van der Waals surface area contributed by atoms with Gasteiger partial charge in [-0.3, -0.25) is 19.2 Å². The average molecular weight is 813 g/mol. The Hall–Kier alpha value is -5.73. The number of para-hydroxylation sites is 1. The van der Waals surface area contributed by atoms with E-state index in [4.69, 9.17) is 23.4 Å². The van der Waals surface area contributed by atoms with Crippen LogP contribution in [-0.4, -0.2) is 75.6 Å². The Bertz CT molecular complexity index is 2450. The van der Waals surface area contributed by atoms with Gasteiger partial charge in [0.2, 0.25) is 5.43 Å². The molecule has 0 radical (unpaired) electrons. The lowest BCUT2D eigenvalue weighted by molar-refractivity contribution is -0.157. The van der Waals surface area contributed by atoms with Gasteiger partial charge < -0.3 is 44.0 Å². The molecular formula is C45H52N2O12. The average Bonchev–Trinajstić information content (AvgIpc) is 3.47. The van der Waals surface area contributed by atoms with Crippen molar-refractivity contribution in [2.75, 3.05) is 19.0 Å². The summed E-state index contributed by atoms with van der Waals surface area (Å²) < 4.78 is 30.2. The van der Waals surface area contributed by atoms with Crippen LogP contribution in [0.1, 0.15) is 71.3 Å². The van der Waals surface area contributed by atoms with Crippen LogP contribution in [0.4, 0.5) is 5.69 Å². The number of methoxy groups -OCH3 is 1. The Labute approximate surface area is 341 Å². The molecule has 14 heteroatoms. The highest BCUT2D eigenvalue weighted by molar-refractivity contribution is 6.21. The molecule has 1 aliphatic carbocycles. The quantitative estimate of drug-likeness (QED) is 0.0917. The second kappa shape index (κ2) is 16.5. The number of ether oxygens (including phenoxy) is 4. The summed E-state index contributed by atoms with van der Waals surface area (Å²) in [5.41, 5.74) is -0.602. The first-order valence-electron chi connectivity index (χ1n) is 19.7. The van der Waals surface area contributed by atoms with E-state index in [1.165, 1.54) is 52.3 Å². The zero-order valence-electron chi connectivity index (χ0n) is 34.9. The number of fused-ring (bicyclic) bond motifs is 2. The van der Waals surface area contributed by atoms with Gasteiger partial charge in [0, 0.05) is 43.7 Å². The molecule has 4 bridgehead atoms. The van der Waals surface area contributed by atoms with Crippen LogP contribution in [-0.2, 0) is 23.8 Å². The van der Waals surface area contributed by atoms with Crippen LogP contribution in [0, 0.1) is 36.5 Å². The molecule has 2 aromatic carbocycles. The number of nitrogens with one attached hydrogen (secondary N) is 1. The number of Topliss-reactive ketones (excluding diaryl/α,β-unsaturated/α-hetero) is 2. The van der Waals surface area contributed by atoms with Crippen LogP contribution < -0.4 is 15.5 Å². The molecule has 0 fully saturated rings. The maximum Gasteiger partial charge on any atom is 0.312 e. The summed E-state index contributed by atoms with van der Waals surface area (Å²) >= 11 is 0. The number of aromatic hydroxyl groups is 2. The number of anilines is 1. The lowest BCUT2D eigenvalue weighted by Crippen LogP contribution is -2.43. The molecule has 6 rings (SSSR count). The van der Waals surface area contributed by atoms with Crippen molar-refractivity contribution in [3.63, 3.8) is 0 Å². The topological polar surface area (TPSA) is 204 Å². The Morgan fingerprint density at radius 1 is 0.983 bits per heavy atom. The van der Waals surface area contributed by atoms with Crippen LogP contribution in [0.3, 0.4) is 0 Å². The van der Waals surface area contributed by atoms with Crippen LogP contribution >= 0.6 is 0 Å². The van der Waals surface area contributed by atoms with E-state index in [2.05, 4.69) is 10.3 Å². The number of phenols is 2. The molecule has 314 valence electrons. The van der Waals surface area contributed by atoms with Gasteiger partial charge in [-0.05, 0) is 55.4 Å². The molecule has 9 atom stereocenters. The Morgan fingerprint density at radius 2 is 1.69 bits per heavy atom. The van der Waals surface area contributed by atoms with Crippen molar-refractivity contribution in [2.45, 2.75) is 86.4 Å². The molecule has 0 aromatic heterocycles. The summed E-state index contributed by atoms with van der Waals surface area (Å²) in [5, 5.41) is 36.4. The van der Waals surface area contributed by atoms with Crippen LogP contribution in [0.2, 0.25) is 0 Å². The van der Waals surface area contributed by atoms with E-state index in [0.717, 1.165) is 0 Å². The standard InChI is InChI=1S/C45H52N2O12/c1-20-13-11-14-21(2)38(51)23(4)22(3)24(5)41(57-27(8)48)25(6)30(55-10)17-18-56-45(9)44(54)34-32-33(39(52)26(7)42(34)59-45)40(53)37(46-19-29(20)50)43-36(32)47-35-28(49)15-12-16-31(35)58-43/h11-18,21-25,30,38,41,46,49,51-52H,19H2,1-10H3/b14-11+,18-17+,20-13-/t21-,22+,23-,24+,25+,30-,38-,41-,45-/m0/s1. The van der Waals surface area contributed by atoms with E-state index < -0.39 is 52.9 Å². The highest BCUT2D eigenvalue weighted by atomic mass is 16.7. The maximum absolute atomic E-state index is 14.6. The van der Waals surface area contributed by atoms with Crippen molar-refractivity contribution < 1.29 is 53.1 Å². The number of esters is 1. The number of aliphatic hydroxyl groups excluding tert-OH is 1. The van der Waals surface area contributed by atoms with E-state index in [0.29, 0.717) is 5.57 Å². The summed E-state index contributed by atoms with van der Waals surface area (Å²) in [6, 6.07) is 4.47. The number of benzene rings is 3. The molecule has 3 heterocycles. The molecule has 4 aliphatic rings. The Kier molecular flexibility index (Phi) is 12.0. The fourth-order valence-electron chi connectivity index (χ4n) is 8.19. The van der Waals surface area contributed by atoms with Gasteiger partial charge in [-0.1, -0.05) is 58.9 Å². The smallest absolute Gasteiger partial charge is 0.312 e. The van der Waals surface area contributed by atoms with Crippen molar-refractivity contribution in [1.82, 2.24) is 4.98 Å². The van der Waals surface area contributed by atoms with E-state index in [9.17, 15) is 34.5 Å². The van der Waals surface area contributed by atoms with Gasteiger partial charge in [0.15, 0.2) is 17.1 Å². The monoisotopic (exact) mass is 812 g/mol. The summed E-state index contributed by atoms with van der Waals surface area (Å²) in [5.74, 6) is -5.89. The molecule has 4 N–H and O–H groups in total. The number of phenolic OH excluding ortho intramolecular Hbond substituents is 2. The predicted molar refractivity (Wildman–Crippen MR) is 221 cm³/mol. The molecule has 0 saturated heterocycles. The zero-order chi connectivity index (χ0) is 43.2. The number of hydrogen-bond acceptors (Lipinski definition) is 14. The molecule has 14 nitrogen and oxygen atoms in total. The number of carbonyl (C=O) groups is 3. The van der Waals surface area contributed by atoms with Crippen molar-refractivity contribution in [3.05, 3.63) is 75.7 Å². The molecule has 3 aliphatic heterocycles. The SMILES string of the molecule is CO[C@H]1/C=C/O[C@@]2(C)Oc3c(C)c(O)c4c(=O)c(c5oc6cccc(O)c6nc-5c4c3C2=O)NCC(=O)/C(C)=C\C=C\[C@H](C)[C@H](O)[C@@H](C)[C@@H](C)[C@@H](C)[C@H](OC(C)=O)[C@@H]1C. The number of rotatable bonds is 2. The van der Waals surface area contributed by atoms with Crippen molar-refractivity contribution in [1.29, 1.82) is 0 Å². The summed E-state index contributed by atoms with van der Waals surface area (Å²) in [6.45, 7) is 15.1. The van der Waals surface area contributed by atoms with Crippen molar-refractivity contribution in [2.24, 2.45) is 29.6 Å². The third-order valence-electron chi connectivity index (χ3n) is 12.2. The minimum Gasteiger partial charge on any atom is -0.507 e. The molecule has 0 unspecified atom stereocenters. The van der Waals surface area contributed by atoms with Crippen molar-refractivity contribution in [3.8, 4) is 28.7 Å². The molecule has 2 aromatic rings. The molecular weight excluding hydrogens is 760 g/mol. The molecule has 0 amide bonds. The van der Waals surface area contributed by atoms with Crippen LogP contribution in [0.25, 0.3) is 33.3 Å². The number of carbonyl (C=O) groups excluding carboxylic acids is 3. The summed E-state index contributed by atoms with van der Waals surface area (Å²) in [6.07, 6.45) is 5.81. The van der Waals surface area contributed by atoms with Crippen LogP contribution in [0.15, 0.2) is 63.6 Å². The van der Waals surface area contributed by atoms with Gasteiger partial charge in [-0.2, -0.15) is 0 Å². The number of ketones is 2. The molecule has 59 heavy (non-hydrogen) atoms. The van der Waals surface area contributed by atoms with Gasteiger partial charge in [0.05, 0.1) is 36.0 Å². The van der Waals surface area contributed by atoms with E-state index >= 15 is 0 Å². The van der Waals surface area contributed by atoms with Crippen molar-refractivity contribution >= 4 is 45.1 Å². The largest absolute Gasteiger partial charge is 0.507 e. The lowest BCUT2D eigenvalue weighted by Gasteiger charge is -2.39. The predicted octanol–water partition coefficient (Wildman–Crippen LogP) is 6.97. The normalized spacial score (nSPS) is 30.3. The highest BCUT2D eigenvalue weighted by Crippen LogP contribution is 2.50. The number of aromatic nitrogens is 1. The first-order chi connectivity index (χ1) is 27.8. The highest BCUT2D eigenvalue weighted by Gasteiger charge is 2.50. The van der Waals surface area contributed by atoms with Crippen LogP contribution in [0.5, 0.6) is 17.2 Å². The first kappa shape index (κ1) is 42.9. The first-order valence-corrected chi connectivity index (χ1v) is 19.7. The molecule has 0 spiro atoms. The zero-order valence-corrected chi connectivity index (χ0v) is 34.9. The van der Waals surface area contributed by atoms with E-state index in [1.807, 2.05) is 34.6 Å². The number of nitrogens with zero attached hydrogens (tertiary/aromatic N) is 1. The molecule has 0 saturated carbocycles. The minimum absolute atomic E-state index is 0.0165.